The predicted molar refractivity (Wildman–Crippen MR) is 106 cm³/mol. The lowest BCUT2D eigenvalue weighted by atomic mass is 10.1. The van der Waals surface area contributed by atoms with Gasteiger partial charge in [-0.25, -0.2) is 9.59 Å². The van der Waals surface area contributed by atoms with Gasteiger partial charge in [0, 0.05) is 13.1 Å². The highest BCUT2D eigenvalue weighted by Gasteiger charge is 2.36. The van der Waals surface area contributed by atoms with Crippen molar-refractivity contribution in [1.82, 2.24) is 10.2 Å². The van der Waals surface area contributed by atoms with E-state index in [4.69, 9.17) is 16.2 Å². The van der Waals surface area contributed by atoms with Crippen LogP contribution in [-0.4, -0.2) is 59.1 Å². The molecule has 0 saturated carbocycles. The van der Waals surface area contributed by atoms with Crippen LogP contribution >= 0.6 is 0 Å². The maximum absolute atomic E-state index is 12.6. The number of likely N-dealkylation sites (tertiary alicyclic amines) is 1. The minimum absolute atomic E-state index is 0.0727. The molecule has 0 aromatic heterocycles. The van der Waals surface area contributed by atoms with Crippen LogP contribution in [0.3, 0.4) is 0 Å². The molecule has 10 nitrogen and oxygen atoms in total. The number of nitrogens with zero attached hydrogens (tertiary/aromatic N) is 2. The molecule has 2 amide bonds. The van der Waals surface area contributed by atoms with Crippen molar-refractivity contribution in [2.45, 2.75) is 44.4 Å². The fourth-order valence-electron chi connectivity index (χ4n) is 3.09. The monoisotopic (exact) mass is 405 g/mol. The van der Waals surface area contributed by atoms with Crippen molar-refractivity contribution in [3.05, 3.63) is 35.9 Å². The molecule has 0 bridgehead atoms. The molecule has 29 heavy (non-hydrogen) atoms. The SMILES string of the molecule is NC(N)=NCCC[C@H](NC(=O)[C@@H]1CCCN1C(=O)OCc1ccccc1)C(=O)O. The number of hydrogen-bond acceptors (Lipinski definition) is 5. The lowest BCUT2D eigenvalue weighted by Crippen LogP contribution is -2.51. The van der Waals surface area contributed by atoms with Crippen LogP contribution in [0.1, 0.15) is 31.2 Å². The van der Waals surface area contributed by atoms with E-state index in [0.717, 1.165) is 5.56 Å². The molecule has 0 unspecified atom stereocenters. The largest absolute Gasteiger partial charge is 0.480 e. The average molecular weight is 405 g/mol. The summed E-state index contributed by atoms with van der Waals surface area (Å²) in [6.45, 7) is 0.754. The maximum atomic E-state index is 12.6. The summed E-state index contributed by atoms with van der Waals surface area (Å²) < 4.78 is 5.30. The van der Waals surface area contributed by atoms with Crippen LogP contribution in [0, 0.1) is 0 Å². The molecule has 1 heterocycles. The number of carboxylic acids is 1. The normalized spacial score (nSPS) is 16.7. The van der Waals surface area contributed by atoms with Gasteiger partial charge in [0.25, 0.3) is 0 Å². The van der Waals surface area contributed by atoms with Gasteiger partial charge < -0.3 is 26.6 Å². The molecule has 1 aromatic carbocycles. The average Bonchev–Trinajstić information content (AvgIpc) is 3.19. The molecule has 2 atom stereocenters. The van der Waals surface area contributed by atoms with E-state index in [-0.39, 0.29) is 25.5 Å². The van der Waals surface area contributed by atoms with Crippen LogP contribution in [0.25, 0.3) is 0 Å². The molecule has 1 aliphatic heterocycles. The number of amides is 2. The number of carbonyl (C=O) groups is 3. The molecule has 158 valence electrons. The van der Waals surface area contributed by atoms with Crippen LogP contribution in [0.5, 0.6) is 0 Å². The van der Waals surface area contributed by atoms with E-state index in [1.54, 1.807) is 0 Å². The minimum Gasteiger partial charge on any atom is -0.480 e. The number of guanidine groups is 1. The summed E-state index contributed by atoms with van der Waals surface area (Å²) in [5.74, 6) is -1.73. The first kappa shape index (κ1) is 22.0. The van der Waals surface area contributed by atoms with Crippen molar-refractivity contribution < 1.29 is 24.2 Å². The van der Waals surface area contributed by atoms with E-state index < -0.39 is 30.1 Å². The number of benzene rings is 1. The van der Waals surface area contributed by atoms with Gasteiger partial charge in [-0.05, 0) is 31.2 Å². The molecule has 6 N–H and O–H groups in total. The number of aliphatic imine (C=N–C) groups is 1. The maximum Gasteiger partial charge on any atom is 0.410 e. The minimum atomic E-state index is -1.15. The highest BCUT2D eigenvalue weighted by Crippen LogP contribution is 2.19. The number of nitrogens with one attached hydrogen (secondary N) is 1. The van der Waals surface area contributed by atoms with Gasteiger partial charge in [-0.3, -0.25) is 14.7 Å². The summed E-state index contributed by atoms with van der Waals surface area (Å²) in [5, 5.41) is 11.9. The van der Waals surface area contributed by atoms with Crippen LogP contribution in [0.15, 0.2) is 35.3 Å². The van der Waals surface area contributed by atoms with Gasteiger partial charge in [0.05, 0.1) is 0 Å². The van der Waals surface area contributed by atoms with Crippen LogP contribution in [0.4, 0.5) is 4.79 Å². The first-order valence-corrected chi connectivity index (χ1v) is 9.44. The fourth-order valence-corrected chi connectivity index (χ4v) is 3.09. The van der Waals surface area contributed by atoms with Crippen molar-refractivity contribution in [2.24, 2.45) is 16.5 Å². The molecule has 10 heteroatoms. The standard InChI is InChI=1S/C19H27N5O5/c20-18(21)22-10-4-8-14(17(26)27)23-16(25)15-9-5-11-24(15)19(28)29-12-13-6-2-1-3-7-13/h1-3,6-7,14-15H,4-5,8-12H2,(H,23,25)(H,26,27)(H4,20,21,22)/t14-,15-/m0/s1. The fraction of sp³-hybridized carbons (Fsp3) is 0.474. The second-order valence-corrected chi connectivity index (χ2v) is 6.74. The van der Waals surface area contributed by atoms with Crippen molar-refractivity contribution >= 4 is 23.9 Å². The van der Waals surface area contributed by atoms with Crippen LogP contribution in [0.2, 0.25) is 0 Å². The zero-order chi connectivity index (χ0) is 21.2. The zero-order valence-corrected chi connectivity index (χ0v) is 16.1. The van der Waals surface area contributed by atoms with E-state index in [2.05, 4.69) is 10.3 Å². The first-order valence-electron chi connectivity index (χ1n) is 9.44. The molecule has 1 aromatic rings. The van der Waals surface area contributed by atoms with E-state index in [9.17, 15) is 19.5 Å². The highest BCUT2D eigenvalue weighted by atomic mass is 16.6. The molecule has 0 radical (unpaired) electrons. The van der Waals surface area contributed by atoms with Gasteiger partial charge in [-0.1, -0.05) is 30.3 Å². The predicted octanol–water partition coefficient (Wildman–Crippen LogP) is 0.411. The van der Waals surface area contributed by atoms with E-state index in [0.29, 0.717) is 25.8 Å². The number of carbonyl (C=O) groups excluding carboxylic acids is 2. The third-order valence-electron chi connectivity index (χ3n) is 4.55. The molecule has 1 aliphatic rings. The van der Waals surface area contributed by atoms with E-state index in [1.807, 2.05) is 30.3 Å². The van der Waals surface area contributed by atoms with Crippen molar-refractivity contribution in [1.29, 1.82) is 0 Å². The van der Waals surface area contributed by atoms with Crippen molar-refractivity contribution in [3.63, 3.8) is 0 Å². The molecule has 1 fully saturated rings. The Labute approximate surface area is 168 Å². The second-order valence-electron chi connectivity index (χ2n) is 6.74. The number of hydrogen-bond donors (Lipinski definition) is 4. The summed E-state index contributed by atoms with van der Waals surface area (Å²) in [6, 6.07) is 7.38. The van der Waals surface area contributed by atoms with E-state index >= 15 is 0 Å². The van der Waals surface area contributed by atoms with E-state index in [1.165, 1.54) is 4.90 Å². The van der Waals surface area contributed by atoms with Gasteiger partial charge in [-0.2, -0.15) is 0 Å². The number of ether oxygens (including phenoxy) is 1. The summed E-state index contributed by atoms with van der Waals surface area (Å²) in [6.07, 6.45) is 1.06. The molecule has 1 saturated heterocycles. The molecule has 0 aliphatic carbocycles. The highest BCUT2D eigenvalue weighted by molar-refractivity contribution is 5.89. The van der Waals surface area contributed by atoms with Gasteiger partial charge in [0.15, 0.2) is 5.96 Å². The topological polar surface area (TPSA) is 160 Å². The number of rotatable bonds is 9. The van der Waals surface area contributed by atoms with Crippen molar-refractivity contribution in [2.75, 3.05) is 13.1 Å². The Morgan fingerprint density at radius 1 is 1.28 bits per heavy atom. The Balaban J connectivity index is 1.89. The Kier molecular flexibility index (Phi) is 8.26. The van der Waals surface area contributed by atoms with Gasteiger partial charge in [0.1, 0.15) is 18.7 Å². The zero-order valence-electron chi connectivity index (χ0n) is 16.1. The Hall–Kier alpha value is -3.30. The number of aliphatic carboxylic acids is 1. The number of nitrogens with two attached hydrogens (primary N) is 2. The lowest BCUT2D eigenvalue weighted by molar-refractivity contribution is -0.142. The molecule has 2 rings (SSSR count). The Morgan fingerprint density at radius 3 is 2.66 bits per heavy atom. The second kappa shape index (κ2) is 10.9. The lowest BCUT2D eigenvalue weighted by Gasteiger charge is -2.25. The summed E-state index contributed by atoms with van der Waals surface area (Å²) in [5.41, 5.74) is 11.3. The third-order valence-corrected chi connectivity index (χ3v) is 4.55. The molecular formula is C19H27N5O5. The Morgan fingerprint density at radius 2 is 2.00 bits per heavy atom. The summed E-state index contributed by atoms with van der Waals surface area (Å²) in [4.78, 5) is 41.6. The first-order chi connectivity index (χ1) is 13.9. The third kappa shape index (κ3) is 6.98. The molecular weight excluding hydrogens is 378 g/mol. The summed E-state index contributed by atoms with van der Waals surface area (Å²) >= 11 is 0. The van der Waals surface area contributed by atoms with Gasteiger partial charge >= 0.3 is 12.1 Å². The van der Waals surface area contributed by atoms with Crippen molar-refractivity contribution in [3.8, 4) is 0 Å². The Bertz CT molecular complexity index is 736. The smallest absolute Gasteiger partial charge is 0.410 e. The quantitative estimate of drug-likeness (QED) is 0.263. The summed E-state index contributed by atoms with van der Waals surface area (Å²) in [7, 11) is 0. The van der Waals surface area contributed by atoms with Gasteiger partial charge in [-0.15, -0.1) is 0 Å². The van der Waals surface area contributed by atoms with Gasteiger partial charge in [0.2, 0.25) is 5.91 Å². The molecule has 0 spiro atoms. The number of carboxylic acid groups (broad SMARTS) is 1. The van der Waals surface area contributed by atoms with Crippen LogP contribution in [-0.2, 0) is 20.9 Å². The van der Waals surface area contributed by atoms with Crippen LogP contribution < -0.4 is 16.8 Å².